The van der Waals surface area contributed by atoms with Gasteiger partial charge in [-0.25, -0.2) is 4.79 Å². The van der Waals surface area contributed by atoms with Crippen molar-refractivity contribution in [3.05, 3.63) is 48.2 Å². The van der Waals surface area contributed by atoms with Crippen LogP contribution >= 0.6 is 0 Å². The second kappa shape index (κ2) is 8.15. The highest BCUT2D eigenvalue weighted by atomic mass is 19.4. The molecular weight excluding hydrogens is 421 g/mol. The first-order valence-electron chi connectivity index (χ1n) is 10.6. The van der Waals surface area contributed by atoms with E-state index in [-0.39, 0.29) is 17.9 Å². The van der Waals surface area contributed by atoms with Gasteiger partial charge < -0.3 is 14.4 Å². The number of rotatable bonds is 3. The van der Waals surface area contributed by atoms with Crippen molar-refractivity contribution >= 4 is 27.8 Å². The fourth-order valence-corrected chi connectivity index (χ4v) is 4.19. The van der Waals surface area contributed by atoms with E-state index in [1.165, 1.54) is 12.1 Å². The first-order chi connectivity index (χ1) is 15.0. The molecule has 3 aromatic rings. The van der Waals surface area contributed by atoms with E-state index in [9.17, 15) is 18.0 Å². The number of pyridine rings is 1. The first-order valence-corrected chi connectivity index (χ1v) is 10.6. The molecule has 170 valence electrons. The molecule has 1 fully saturated rings. The molecule has 1 aliphatic rings. The standard InChI is InChI=1S/C24H25F3N2O3/c1-23(2,3)32-22(30)29-12-6-7-15(29)13-21-19-14-16(31-24(25,26)27)10-11-17(19)18-8-4-5-9-20(18)28-21/h4-5,8-11,14-15H,6-7,12-13H2,1-3H3/t15-/m0/s1. The smallest absolute Gasteiger partial charge is 0.444 e. The summed E-state index contributed by atoms with van der Waals surface area (Å²) in [5.74, 6) is -0.293. The number of fused-ring (bicyclic) bond motifs is 3. The van der Waals surface area contributed by atoms with Gasteiger partial charge in [-0.15, -0.1) is 13.2 Å². The molecule has 1 atom stereocenters. The van der Waals surface area contributed by atoms with Crippen LogP contribution in [0.4, 0.5) is 18.0 Å². The molecule has 32 heavy (non-hydrogen) atoms. The summed E-state index contributed by atoms with van der Waals surface area (Å²) in [6.07, 6.45) is -3.15. The summed E-state index contributed by atoms with van der Waals surface area (Å²) >= 11 is 0. The van der Waals surface area contributed by atoms with E-state index in [2.05, 4.69) is 4.74 Å². The van der Waals surface area contributed by atoms with Crippen LogP contribution in [0.3, 0.4) is 0 Å². The van der Waals surface area contributed by atoms with Gasteiger partial charge in [-0.3, -0.25) is 4.98 Å². The zero-order valence-corrected chi connectivity index (χ0v) is 18.2. The molecule has 0 N–H and O–H groups in total. The Kier molecular flexibility index (Phi) is 5.65. The van der Waals surface area contributed by atoms with Gasteiger partial charge >= 0.3 is 12.5 Å². The molecule has 0 spiro atoms. The predicted octanol–water partition coefficient (Wildman–Crippen LogP) is 6.23. The van der Waals surface area contributed by atoms with Gasteiger partial charge in [0.15, 0.2) is 0 Å². The van der Waals surface area contributed by atoms with Gasteiger partial charge in [0.05, 0.1) is 11.2 Å². The maximum absolute atomic E-state index is 12.8. The number of amides is 1. The number of hydrogen-bond donors (Lipinski definition) is 0. The number of hydrogen-bond acceptors (Lipinski definition) is 4. The molecule has 2 heterocycles. The summed E-state index contributed by atoms with van der Waals surface area (Å²) in [7, 11) is 0. The minimum Gasteiger partial charge on any atom is -0.444 e. The number of carbonyl (C=O) groups is 1. The van der Waals surface area contributed by atoms with Crippen molar-refractivity contribution in [3.63, 3.8) is 0 Å². The second-order valence-electron chi connectivity index (χ2n) is 9.00. The topological polar surface area (TPSA) is 51.7 Å². The van der Waals surface area contributed by atoms with Gasteiger partial charge in [-0.1, -0.05) is 18.2 Å². The largest absolute Gasteiger partial charge is 0.573 e. The fraction of sp³-hybridized carbons (Fsp3) is 0.417. The number of benzene rings is 2. The Balaban J connectivity index is 1.74. The molecule has 1 saturated heterocycles. The average Bonchev–Trinajstić information content (AvgIpc) is 3.14. The Morgan fingerprint density at radius 1 is 1.09 bits per heavy atom. The summed E-state index contributed by atoms with van der Waals surface area (Å²) in [6.45, 7) is 6.02. The third kappa shape index (κ3) is 4.89. The third-order valence-electron chi connectivity index (χ3n) is 5.42. The van der Waals surface area contributed by atoms with E-state index in [0.29, 0.717) is 24.0 Å². The monoisotopic (exact) mass is 446 g/mol. The molecule has 0 aliphatic carbocycles. The maximum atomic E-state index is 12.8. The van der Waals surface area contributed by atoms with E-state index < -0.39 is 12.0 Å². The molecule has 8 heteroatoms. The minimum atomic E-state index is -4.78. The number of carbonyl (C=O) groups excluding carboxylic acids is 1. The summed E-state index contributed by atoms with van der Waals surface area (Å²) in [4.78, 5) is 19.1. The van der Waals surface area contributed by atoms with Crippen molar-refractivity contribution in [2.45, 2.75) is 58.0 Å². The Hall–Kier alpha value is -3.03. The van der Waals surface area contributed by atoms with Crippen molar-refractivity contribution < 1.29 is 27.4 Å². The van der Waals surface area contributed by atoms with Crippen LogP contribution in [-0.2, 0) is 11.2 Å². The number of likely N-dealkylation sites (tertiary alicyclic amines) is 1. The molecule has 0 bridgehead atoms. The van der Waals surface area contributed by atoms with Crippen LogP contribution < -0.4 is 4.74 Å². The van der Waals surface area contributed by atoms with E-state index in [1.54, 1.807) is 11.0 Å². The van der Waals surface area contributed by atoms with Gasteiger partial charge in [0.2, 0.25) is 0 Å². The number of ether oxygens (including phenoxy) is 2. The normalized spacial score (nSPS) is 17.2. The molecule has 4 rings (SSSR count). The Labute approximate surface area is 184 Å². The van der Waals surface area contributed by atoms with Crippen LogP contribution in [0.15, 0.2) is 42.5 Å². The van der Waals surface area contributed by atoms with Crippen LogP contribution in [0.2, 0.25) is 0 Å². The van der Waals surface area contributed by atoms with Crippen molar-refractivity contribution in [2.75, 3.05) is 6.54 Å². The lowest BCUT2D eigenvalue weighted by Crippen LogP contribution is -2.40. The molecule has 0 unspecified atom stereocenters. The number of nitrogens with zero attached hydrogens (tertiary/aromatic N) is 2. The van der Waals surface area contributed by atoms with Crippen molar-refractivity contribution in [1.82, 2.24) is 9.88 Å². The van der Waals surface area contributed by atoms with Crippen LogP contribution in [0.5, 0.6) is 5.75 Å². The molecule has 1 aliphatic heterocycles. The Morgan fingerprint density at radius 2 is 1.84 bits per heavy atom. The Bertz CT molecular complexity index is 1150. The second-order valence-corrected chi connectivity index (χ2v) is 9.00. The summed E-state index contributed by atoms with van der Waals surface area (Å²) < 4.78 is 48.1. The first kappa shape index (κ1) is 22.2. The predicted molar refractivity (Wildman–Crippen MR) is 116 cm³/mol. The van der Waals surface area contributed by atoms with Crippen LogP contribution in [0.1, 0.15) is 39.3 Å². The lowest BCUT2D eigenvalue weighted by Gasteiger charge is -2.28. The third-order valence-corrected chi connectivity index (χ3v) is 5.42. The lowest BCUT2D eigenvalue weighted by atomic mass is 9.99. The van der Waals surface area contributed by atoms with Crippen molar-refractivity contribution in [3.8, 4) is 5.75 Å². The van der Waals surface area contributed by atoms with Gasteiger partial charge in [0, 0.05) is 29.8 Å². The lowest BCUT2D eigenvalue weighted by molar-refractivity contribution is -0.274. The molecule has 5 nitrogen and oxygen atoms in total. The molecule has 0 saturated carbocycles. The zero-order chi connectivity index (χ0) is 23.1. The van der Waals surface area contributed by atoms with E-state index >= 15 is 0 Å². The summed E-state index contributed by atoms with van der Waals surface area (Å²) in [6, 6.07) is 11.7. The highest BCUT2D eigenvalue weighted by Crippen LogP contribution is 2.34. The molecule has 1 amide bonds. The molecular formula is C24H25F3N2O3. The highest BCUT2D eigenvalue weighted by molar-refractivity contribution is 6.07. The van der Waals surface area contributed by atoms with Crippen molar-refractivity contribution in [1.29, 1.82) is 0 Å². The summed E-state index contributed by atoms with van der Waals surface area (Å²) in [5, 5.41) is 2.23. The SMILES string of the molecule is CC(C)(C)OC(=O)N1CCC[C@H]1Cc1nc2ccccc2c2ccc(OC(F)(F)F)cc12. The van der Waals surface area contributed by atoms with E-state index in [0.717, 1.165) is 29.1 Å². The molecule has 0 radical (unpaired) electrons. The highest BCUT2D eigenvalue weighted by Gasteiger charge is 2.34. The number of halogens is 3. The van der Waals surface area contributed by atoms with Gasteiger partial charge in [0.25, 0.3) is 0 Å². The van der Waals surface area contributed by atoms with E-state index in [4.69, 9.17) is 9.72 Å². The number of para-hydroxylation sites is 1. The van der Waals surface area contributed by atoms with E-state index in [1.807, 2.05) is 45.0 Å². The zero-order valence-electron chi connectivity index (χ0n) is 18.2. The van der Waals surface area contributed by atoms with Gasteiger partial charge in [-0.2, -0.15) is 0 Å². The average molecular weight is 446 g/mol. The quantitative estimate of drug-likeness (QED) is 0.448. The fourth-order valence-electron chi connectivity index (χ4n) is 4.19. The van der Waals surface area contributed by atoms with Crippen LogP contribution in [-0.4, -0.2) is 40.5 Å². The molecule has 1 aromatic heterocycles. The number of alkyl halides is 3. The van der Waals surface area contributed by atoms with Gasteiger partial charge in [-0.05, 0) is 63.3 Å². The maximum Gasteiger partial charge on any atom is 0.573 e. The Morgan fingerprint density at radius 3 is 2.56 bits per heavy atom. The number of aromatic nitrogens is 1. The van der Waals surface area contributed by atoms with Crippen LogP contribution in [0, 0.1) is 0 Å². The van der Waals surface area contributed by atoms with Crippen molar-refractivity contribution in [2.24, 2.45) is 0 Å². The van der Waals surface area contributed by atoms with Gasteiger partial charge in [0.1, 0.15) is 11.4 Å². The minimum absolute atomic E-state index is 0.145. The van der Waals surface area contributed by atoms with Crippen LogP contribution in [0.25, 0.3) is 21.7 Å². The summed E-state index contributed by atoms with van der Waals surface area (Å²) in [5.41, 5.74) is 0.773. The molecule has 2 aromatic carbocycles.